The molecule has 0 amide bonds. The highest BCUT2D eigenvalue weighted by atomic mass is 79.9. The molecule has 0 fully saturated rings. The molecule has 0 radical (unpaired) electrons. The molecule has 0 saturated heterocycles. The van der Waals surface area contributed by atoms with Crippen molar-refractivity contribution in [2.24, 2.45) is 0 Å². The average Bonchev–Trinajstić information content (AvgIpc) is 2.80. The summed E-state index contributed by atoms with van der Waals surface area (Å²) in [5.74, 6) is 0. The van der Waals surface area contributed by atoms with Crippen molar-refractivity contribution in [2.45, 2.75) is 39.4 Å². The molecule has 1 heterocycles. The third kappa shape index (κ3) is 2.51. The number of hydrogen-bond acceptors (Lipinski definition) is 1. The Labute approximate surface area is 132 Å². The van der Waals surface area contributed by atoms with Crippen molar-refractivity contribution in [3.63, 3.8) is 0 Å². The zero-order chi connectivity index (χ0) is 14.3. The first-order chi connectivity index (χ1) is 8.86. The number of halogens is 2. The van der Waals surface area contributed by atoms with Crippen molar-refractivity contribution >= 4 is 38.9 Å². The van der Waals surface area contributed by atoms with Crippen LogP contribution in [-0.4, -0.2) is 0 Å². The molecule has 0 bridgehead atoms. The van der Waals surface area contributed by atoms with Crippen LogP contribution in [0.15, 0.2) is 11.4 Å². The standard InChI is InChI=1S/C16H18BrClS/c1-8-9(2)11(4)14(12(5)10(8)3)15(17)16-13(18)6-7-19-16/h6-7,15H,1-5H3. The van der Waals surface area contributed by atoms with Crippen LogP contribution in [0.4, 0.5) is 0 Å². The molecule has 3 heteroatoms. The fourth-order valence-electron chi connectivity index (χ4n) is 2.53. The number of rotatable bonds is 2. The van der Waals surface area contributed by atoms with E-state index in [1.807, 2.05) is 11.4 Å². The lowest BCUT2D eigenvalue weighted by atomic mass is 9.88. The van der Waals surface area contributed by atoms with Gasteiger partial charge in [0.15, 0.2) is 0 Å². The van der Waals surface area contributed by atoms with Crippen molar-refractivity contribution in [1.29, 1.82) is 0 Å². The smallest absolute Gasteiger partial charge is 0.0758 e. The van der Waals surface area contributed by atoms with Crippen molar-refractivity contribution in [3.05, 3.63) is 54.7 Å². The van der Waals surface area contributed by atoms with Gasteiger partial charge < -0.3 is 0 Å². The van der Waals surface area contributed by atoms with E-state index in [2.05, 4.69) is 50.5 Å². The van der Waals surface area contributed by atoms with Gasteiger partial charge in [-0.1, -0.05) is 27.5 Å². The van der Waals surface area contributed by atoms with Gasteiger partial charge in [-0.3, -0.25) is 0 Å². The van der Waals surface area contributed by atoms with Crippen LogP contribution in [0.3, 0.4) is 0 Å². The monoisotopic (exact) mass is 356 g/mol. The SMILES string of the molecule is Cc1c(C)c(C)c(C(Br)c2sccc2Cl)c(C)c1C. The Morgan fingerprint density at radius 2 is 1.42 bits per heavy atom. The van der Waals surface area contributed by atoms with E-state index < -0.39 is 0 Å². The highest BCUT2D eigenvalue weighted by molar-refractivity contribution is 9.09. The van der Waals surface area contributed by atoms with Gasteiger partial charge in [-0.05, 0) is 79.4 Å². The number of alkyl halides is 1. The molecule has 19 heavy (non-hydrogen) atoms. The van der Waals surface area contributed by atoms with Crippen LogP contribution in [0.5, 0.6) is 0 Å². The van der Waals surface area contributed by atoms with E-state index in [1.54, 1.807) is 11.3 Å². The maximum atomic E-state index is 6.28. The second kappa shape index (κ2) is 5.59. The normalized spacial score (nSPS) is 12.8. The molecule has 1 aromatic carbocycles. The fourth-order valence-corrected chi connectivity index (χ4v) is 5.06. The Morgan fingerprint density at radius 1 is 0.947 bits per heavy atom. The van der Waals surface area contributed by atoms with Gasteiger partial charge in [0.1, 0.15) is 0 Å². The van der Waals surface area contributed by atoms with E-state index in [0.717, 1.165) is 5.02 Å². The van der Waals surface area contributed by atoms with Crippen LogP contribution in [0.1, 0.15) is 43.1 Å². The summed E-state index contributed by atoms with van der Waals surface area (Å²) >= 11 is 11.8. The van der Waals surface area contributed by atoms with Crippen molar-refractivity contribution in [3.8, 4) is 0 Å². The number of benzene rings is 1. The first kappa shape index (κ1) is 15.1. The molecule has 0 spiro atoms. The van der Waals surface area contributed by atoms with E-state index in [0.29, 0.717) is 0 Å². The summed E-state index contributed by atoms with van der Waals surface area (Å²) in [6.45, 7) is 11.0. The molecule has 0 N–H and O–H groups in total. The molecule has 1 atom stereocenters. The summed E-state index contributed by atoms with van der Waals surface area (Å²) in [4.78, 5) is 1.37. The summed E-state index contributed by atoms with van der Waals surface area (Å²) in [5, 5.41) is 2.89. The van der Waals surface area contributed by atoms with E-state index in [-0.39, 0.29) is 4.83 Å². The maximum Gasteiger partial charge on any atom is 0.0758 e. The summed E-state index contributed by atoms with van der Waals surface area (Å²) in [7, 11) is 0. The lowest BCUT2D eigenvalue weighted by Gasteiger charge is -2.22. The van der Waals surface area contributed by atoms with Gasteiger partial charge in [0.25, 0.3) is 0 Å². The van der Waals surface area contributed by atoms with Gasteiger partial charge in [0.2, 0.25) is 0 Å². The molecule has 0 aliphatic heterocycles. The number of hydrogen-bond donors (Lipinski definition) is 0. The van der Waals surface area contributed by atoms with Crippen molar-refractivity contribution < 1.29 is 0 Å². The van der Waals surface area contributed by atoms with Gasteiger partial charge in [0, 0.05) is 4.88 Å². The van der Waals surface area contributed by atoms with E-state index >= 15 is 0 Å². The molecule has 0 nitrogen and oxygen atoms in total. The van der Waals surface area contributed by atoms with Crippen LogP contribution in [0.25, 0.3) is 0 Å². The highest BCUT2D eigenvalue weighted by Crippen LogP contribution is 2.43. The summed E-state index contributed by atoms with van der Waals surface area (Å²) < 4.78 is 0. The Bertz CT molecular complexity index is 599. The number of thiophene rings is 1. The molecule has 1 unspecified atom stereocenters. The topological polar surface area (TPSA) is 0 Å². The predicted molar refractivity (Wildman–Crippen MR) is 90.2 cm³/mol. The van der Waals surface area contributed by atoms with Crippen molar-refractivity contribution in [2.75, 3.05) is 0 Å². The molecular weight excluding hydrogens is 340 g/mol. The average molecular weight is 358 g/mol. The largest absolute Gasteiger partial charge is 0.146 e. The van der Waals surface area contributed by atoms with Crippen molar-refractivity contribution in [1.82, 2.24) is 0 Å². The van der Waals surface area contributed by atoms with Crippen LogP contribution < -0.4 is 0 Å². The molecular formula is C16H18BrClS. The molecule has 2 rings (SSSR count). The molecule has 0 aliphatic carbocycles. The summed E-state index contributed by atoms with van der Waals surface area (Å²) in [6, 6.07) is 1.97. The quantitative estimate of drug-likeness (QED) is 0.543. The minimum absolute atomic E-state index is 0.179. The Balaban J connectivity index is 2.67. The Morgan fingerprint density at radius 3 is 1.84 bits per heavy atom. The van der Waals surface area contributed by atoms with Gasteiger partial charge in [0.05, 0.1) is 9.85 Å². The first-order valence-electron chi connectivity index (χ1n) is 6.30. The lowest BCUT2D eigenvalue weighted by Crippen LogP contribution is -2.05. The third-order valence-electron chi connectivity index (χ3n) is 4.19. The first-order valence-corrected chi connectivity index (χ1v) is 8.47. The Hall–Kier alpha value is -0.310. The fraction of sp³-hybridized carbons (Fsp3) is 0.375. The van der Waals surface area contributed by atoms with E-state index in [9.17, 15) is 0 Å². The summed E-state index contributed by atoms with van der Waals surface area (Å²) in [5.41, 5.74) is 8.27. The van der Waals surface area contributed by atoms with Crippen LogP contribution in [0, 0.1) is 34.6 Å². The van der Waals surface area contributed by atoms with Gasteiger partial charge in [-0.25, -0.2) is 0 Å². The molecule has 102 valence electrons. The van der Waals surface area contributed by atoms with E-state index in [4.69, 9.17) is 11.6 Å². The molecule has 1 aromatic heterocycles. The lowest BCUT2D eigenvalue weighted by molar-refractivity contribution is 1.07. The van der Waals surface area contributed by atoms with Gasteiger partial charge >= 0.3 is 0 Å². The second-order valence-corrected chi connectivity index (χ2v) is 7.30. The zero-order valence-corrected chi connectivity index (χ0v) is 15.1. The minimum atomic E-state index is 0.179. The van der Waals surface area contributed by atoms with Gasteiger partial charge in [-0.15, -0.1) is 11.3 Å². The van der Waals surface area contributed by atoms with Crippen LogP contribution in [-0.2, 0) is 0 Å². The van der Waals surface area contributed by atoms with Crippen LogP contribution in [0.2, 0.25) is 5.02 Å². The third-order valence-corrected chi connectivity index (χ3v) is 6.83. The van der Waals surface area contributed by atoms with E-state index in [1.165, 1.54) is 38.3 Å². The molecule has 0 aliphatic rings. The minimum Gasteiger partial charge on any atom is -0.146 e. The zero-order valence-electron chi connectivity index (χ0n) is 11.9. The van der Waals surface area contributed by atoms with Gasteiger partial charge in [-0.2, -0.15) is 0 Å². The second-order valence-electron chi connectivity index (χ2n) is 5.03. The summed E-state index contributed by atoms with van der Waals surface area (Å²) in [6.07, 6.45) is 0. The Kier molecular flexibility index (Phi) is 4.44. The molecule has 0 saturated carbocycles. The predicted octanol–water partition coefficient (Wildman–Crippen LogP) is 6.43. The maximum absolute atomic E-state index is 6.28. The molecule has 2 aromatic rings. The highest BCUT2D eigenvalue weighted by Gasteiger charge is 2.22. The van der Waals surface area contributed by atoms with Crippen LogP contribution >= 0.6 is 38.9 Å².